The Labute approximate surface area is 126 Å². The molecule has 0 aliphatic rings. The van der Waals surface area contributed by atoms with E-state index in [1.54, 1.807) is 12.3 Å². The molecule has 3 aromatic rings. The quantitative estimate of drug-likeness (QED) is 0.694. The second-order valence-corrected chi connectivity index (χ2v) is 4.81. The highest BCUT2D eigenvalue weighted by Gasteiger charge is 2.14. The van der Waals surface area contributed by atoms with Crippen LogP contribution >= 0.6 is 11.6 Å². The molecule has 6 heteroatoms. The molecule has 0 atom stereocenters. The molecule has 0 fully saturated rings. The standard InChI is InChI=1S/C15H13ClFN3O/c1-21-14-7-13-12(6-11(14)17)19-15(8-16)20(13)9-10-4-2-3-5-18-10/h2-7H,8-9H2,1H3. The lowest BCUT2D eigenvalue weighted by atomic mass is 10.2. The predicted octanol–water partition coefficient (Wildman–Crippen LogP) is 3.37. The Balaban J connectivity index is 2.15. The van der Waals surface area contributed by atoms with Gasteiger partial charge in [-0.2, -0.15) is 0 Å². The van der Waals surface area contributed by atoms with E-state index in [0.717, 1.165) is 11.2 Å². The molecule has 0 saturated carbocycles. The molecule has 3 rings (SSSR count). The lowest BCUT2D eigenvalue weighted by molar-refractivity contribution is 0.387. The maximum Gasteiger partial charge on any atom is 0.167 e. The van der Waals surface area contributed by atoms with Crippen LogP contribution in [0.1, 0.15) is 11.5 Å². The number of hydrogen-bond donors (Lipinski definition) is 0. The summed E-state index contributed by atoms with van der Waals surface area (Å²) in [6.07, 6.45) is 1.73. The van der Waals surface area contributed by atoms with Gasteiger partial charge in [0.25, 0.3) is 0 Å². The minimum atomic E-state index is -0.436. The fourth-order valence-corrected chi connectivity index (χ4v) is 2.47. The van der Waals surface area contributed by atoms with Crippen LogP contribution in [0.4, 0.5) is 4.39 Å². The molecular formula is C15H13ClFN3O. The minimum absolute atomic E-state index is 0.186. The lowest BCUT2D eigenvalue weighted by Crippen LogP contribution is -2.05. The predicted molar refractivity (Wildman–Crippen MR) is 79.1 cm³/mol. The molecule has 0 unspecified atom stereocenters. The molecule has 0 saturated heterocycles. The van der Waals surface area contributed by atoms with Crippen LogP contribution in [-0.4, -0.2) is 21.6 Å². The van der Waals surface area contributed by atoms with Crippen molar-refractivity contribution in [1.29, 1.82) is 0 Å². The summed E-state index contributed by atoms with van der Waals surface area (Å²) in [4.78, 5) is 8.67. The topological polar surface area (TPSA) is 39.9 Å². The first-order valence-corrected chi connectivity index (χ1v) is 6.95. The van der Waals surface area contributed by atoms with Crippen molar-refractivity contribution >= 4 is 22.6 Å². The van der Waals surface area contributed by atoms with E-state index >= 15 is 0 Å². The maximum absolute atomic E-state index is 13.8. The number of imidazole rings is 1. The summed E-state index contributed by atoms with van der Waals surface area (Å²) < 4.78 is 20.7. The van der Waals surface area contributed by atoms with E-state index in [9.17, 15) is 4.39 Å². The summed E-state index contributed by atoms with van der Waals surface area (Å²) in [5.41, 5.74) is 2.21. The Morgan fingerprint density at radius 2 is 2.19 bits per heavy atom. The van der Waals surface area contributed by atoms with Gasteiger partial charge in [0.15, 0.2) is 11.6 Å². The molecular weight excluding hydrogens is 293 g/mol. The van der Waals surface area contributed by atoms with Crippen LogP contribution in [0.15, 0.2) is 36.5 Å². The third kappa shape index (κ3) is 2.56. The first-order valence-electron chi connectivity index (χ1n) is 6.41. The van der Waals surface area contributed by atoms with Gasteiger partial charge < -0.3 is 9.30 Å². The molecule has 0 aliphatic heterocycles. The Bertz CT molecular complexity index is 773. The fraction of sp³-hybridized carbons (Fsp3) is 0.200. The maximum atomic E-state index is 13.8. The van der Waals surface area contributed by atoms with Gasteiger partial charge in [-0.15, -0.1) is 11.6 Å². The normalized spacial score (nSPS) is 11.0. The number of halogens is 2. The molecule has 0 aliphatic carbocycles. The summed E-state index contributed by atoms with van der Waals surface area (Å²) >= 11 is 5.95. The van der Waals surface area contributed by atoms with Gasteiger partial charge in [-0.1, -0.05) is 6.07 Å². The number of aromatic nitrogens is 3. The molecule has 2 heterocycles. The highest BCUT2D eigenvalue weighted by atomic mass is 35.5. The van der Waals surface area contributed by atoms with Gasteiger partial charge in [0.1, 0.15) is 5.82 Å². The van der Waals surface area contributed by atoms with E-state index in [1.165, 1.54) is 13.2 Å². The highest BCUT2D eigenvalue weighted by Crippen LogP contribution is 2.26. The Morgan fingerprint density at radius 1 is 1.33 bits per heavy atom. The zero-order valence-corrected chi connectivity index (χ0v) is 12.1. The average Bonchev–Trinajstić information content (AvgIpc) is 2.84. The number of rotatable bonds is 4. The number of hydrogen-bond acceptors (Lipinski definition) is 3. The summed E-state index contributed by atoms with van der Waals surface area (Å²) in [6.45, 7) is 0.522. The Hall–Kier alpha value is -2.14. The second-order valence-electron chi connectivity index (χ2n) is 4.54. The lowest BCUT2D eigenvalue weighted by Gasteiger charge is -2.08. The molecule has 21 heavy (non-hydrogen) atoms. The van der Waals surface area contributed by atoms with E-state index in [4.69, 9.17) is 16.3 Å². The van der Waals surface area contributed by atoms with Crippen molar-refractivity contribution in [1.82, 2.24) is 14.5 Å². The zero-order chi connectivity index (χ0) is 14.8. The number of ether oxygens (including phenoxy) is 1. The van der Waals surface area contributed by atoms with Crippen molar-refractivity contribution in [2.24, 2.45) is 0 Å². The van der Waals surface area contributed by atoms with Crippen molar-refractivity contribution in [2.45, 2.75) is 12.4 Å². The average molecular weight is 306 g/mol. The molecule has 0 spiro atoms. The van der Waals surface area contributed by atoms with Crippen LogP contribution in [-0.2, 0) is 12.4 Å². The molecule has 0 bridgehead atoms. The van der Waals surface area contributed by atoms with E-state index in [1.807, 2.05) is 22.8 Å². The first-order chi connectivity index (χ1) is 10.2. The van der Waals surface area contributed by atoms with E-state index < -0.39 is 5.82 Å². The Kier molecular flexibility index (Phi) is 3.75. The van der Waals surface area contributed by atoms with Gasteiger partial charge in [-0.3, -0.25) is 4.98 Å². The highest BCUT2D eigenvalue weighted by molar-refractivity contribution is 6.16. The van der Waals surface area contributed by atoms with Crippen LogP contribution in [0.5, 0.6) is 5.75 Å². The van der Waals surface area contributed by atoms with Crippen LogP contribution in [0, 0.1) is 5.82 Å². The van der Waals surface area contributed by atoms with Gasteiger partial charge in [0, 0.05) is 18.3 Å². The number of pyridine rings is 1. The third-order valence-electron chi connectivity index (χ3n) is 3.27. The fourth-order valence-electron chi connectivity index (χ4n) is 2.26. The van der Waals surface area contributed by atoms with Gasteiger partial charge in [0.05, 0.1) is 36.3 Å². The van der Waals surface area contributed by atoms with Gasteiger partial charge >= 0.3 is 0 Å². The molecule has 1 aromatic carbocycles. The summed E-state index contributed by atoms with van der Waals surface area (Å²) in [5, 5.41) is 0. The number of alkyl halides is 1. The second kappa shape index (κ2) is 5.69. The van der Waals surface area contributed by atoms with Crippen LogP contribution in [0.3, 0.4) is 0 Å². The van der Waals surface area contributed by atoms with E-state index in [2.05, 4.69) is 9.97 Å². The first kappa shape index (κ1) is 13.8. The molecule has 2 aromatic heterocycles. The van der Waals surface area contributed by atoms with Crippen molar-refractivity contribution < 1.29 is 9.13 Å². The van der Waals surface area contributed by atoms with E-state index in [-0.39, 0.29) is 11.6 Å². The van der Waals surface area contributed by atoms with Crippen LogP contribution in [0.2, 0.25) is 0 Å². The zero-order valence-electron chi connectivity index (χ0n) is 11.4. The SMILES string of the molecule is COc1cc2c(cc1F)nc(CCl)n2Cc1ccccn1. The number of fused-ring (bicyclic) bond motifs is 1. The van der Waals surface area contributed by atoms with Crippen molar-refractivity contribution in [3.8, 4) is 5.75 Å². The monoisotopic (exact) mass is 305 g/mol. The summed E-state index contributed by atoms with van der Waals surface area (Å²) in [7, 11) is 1.44. The van der Waals surface area contributed by atoms with Gasteiger partial charge in [0.2, 0.25) is 0 Å². The number of nitrogens with zero attached hydrogens (tertiary/aromatic N) is 3. The van der Waals surface area contributed by atoms with Crippen LogP contribution < -0.4 is 4.74 Å². The smallest absolute Gasteiger partial charge is 0.167 e. The molecule has 108 valence electrons. The summed E-state index contributed by atoms with van der Waals surface area (Å²) in [6, 6.07) is 8.69. The van der Waals surface area contributed by atoms with Crippen molar-refractivity contribution in [3.05, 3.63) is 53.9 Å². The minimum Gasteiger partial charge on any atom is -0.494 e. The third-order valence-corrected chi connectivity index (χ3v) is 3.51. The van der Waals surface area contributed by atoms with Crippen LogP contribution in [0.25, 0.3) is 11.0 Å². The molecule has 0 radical (unpaired) electrons. The largest absolute Gasteiger partial charge is 0.494 e. The molecule has 4 nitrogen and oxygen atoms in total. The van der Waals surface area contributed by atoms with Gasteiger partial charge in [-0.05, 0) is 12.1 Å². The Morgan fingerprint density at radius 3 is 2.86 bits per heavy atom. The summed E-state index contributed by atoms with van der Waals surface area (Å²) in [5.74, 6) is 0.662. The van der Waals surface area contributed by atoms with Gasteiger partial charge in [-0.25, -0.2) is 9.37 Å². The number of methoxy groups -OCH3 is 1. The van der Waals surface area contributed by atoms with Crippen molar-refractivity contribution in [2.75, 3.05) is 7.11 Å². The van der Waals surface area contributed by atoms with Crippen molar-refractivity contribution in [3.63, 3.8) is 0 Å². The number of benzene rings is 1. The molecule has 0 amide bonds. The molecule has 0 N–H and O–H groups in total. The van der Waals surface area contributed by atoms with E-state index in [0.29, 0.717) is 17.9 Å².